The van der Waals surface area contributed by atoms with E-state index >= 15 is 0 Å². The van der Waals surface area contributed by atoms with Crippen LogP contribution in [-0.2, 0) is 37.3 Å². The Hall–Kier alpha value is -4.66. The molecular formula is C46H44N3OPt-3. The number of rotatable bonds is 7. The van der Waals surface area contributed by atoms with Crippen molar-refractivity contribution in [2.45, 2.75) is 57.8 Å². The largest absolute Gasteiger partial charge is 0.504 e. The summed E-state index contributed by atoms with van der Waals surface area (Å²) in [6.07, 6.45) is 1.81. The number of hydrogen-bond acceptors (Lipinski definition) is 4. The van der Waals surface area contributed by atoms with E-state index in [4.69, 9.17) is 4.74 Å². The van der Waals surface area contributed by atoms with Gasteiger partial charge in [0.05, 0.1) is 0 Å². The number of nitrogens with zero attached hydrogens (tertiary/aromatic N) is 3. The van der Waals surface area contributed by atoms with E-state index < -0.39 is 5.41 Å². The van der Waals surface area contributed by atoms with E-state index in [2.05, 4.69) is 185 Å². The Balaban J connectivity index is 0.00000448. The van der Waals surface area contributed by atoms with Gasteiger partial charge in [0.25, 0.3) is 0 Å². The van der Waals surface area contributed by atoms with Gasteiger partial charge in [0.15, 0.2) is 0 Å². The molecule has 6 aromatic rings. The van der Waals surface area contributed by atoms with Gasteiger partial charge in [0, 0.05) is 55.9 Å². The van der Waals surface area contributed by atoms with Crippen molar-refractivity contribution in [1.29, 1.82) is 0 Å². The van der Waals surface area contributed by atoms with Gasteiger partial charge in [-0.3, -0.25) is 0 Å². The SMILES string of the molecule is CN1[CH-]N(c2[c-]c(C(c3[c-]c(Oc4cc(C(C)(C)C)ccn4)ccc3)(c3ccccc3)c3ccccc3)ccc2)c2cc(C(C)(C)C)ccc21.[Pt]. The summed E-state index contributed by atoms with van der Waals surface area (Å²) in [6.45, 7) is 15.5. The van der Waals surface area contributed by atoms with E-state index in [-0.39, 0.29) is 31.9 Å². The average Bonchev–Trinajstić information content (AvgIpc) is 3.45. The molecule has 1 aromatic heterocycles. The summed E-state index contributed by atoms with van der Waals surface area (Å²) in [5, 5.41) is 0. The van der Waals surface area contributed by atoms with Crippen molar-refractivity contribution >= 4 is 17.1 Å². The number of fused-ring (bicyclic) bond motifs is 1. The molecule has 0 saturated carbocycles. The number of benzene rings is 5. The van der Waals surface area contributed by atoms with Crippen LogP contribution in [0.4, 0.5) is 17.1 Å². The maximum absolute atomic E-state index is 6.46. The van der Waals surface area contributed by atoms with E-state index in [0.29, 0.717) is 11.6 Å². The summed E-state index contributed by atoms with van der Waals surface area (Å²) >= 11 is 0. The Morgan fingerprint density at radius 1 is 0.588 bits per heavy atom. The van der Waals surface area contributed by atoms with Crippen molar-refractivity contribution < 1.29 is 25.8 Å². The van der Waals surface area contributed by atoms with E-state index in [0.717, 1.165) is 44.9 Å². The number of ether oxygens (including phenoxy) is 1. The summed E-state index contributed by atoms with van der Waals surface area (Å²) in [4.78, 5) is 8.99. The number of aromatic nitrogens is 1. The molecule has 0 spiro atoms. The van der Waals surface area contributed by atoms with E-state index in [9.17, 15) is 0 Å². The van der Waals surface area contributed by atoms with Crippen molar-refractivity contribution in [1.82, 2.24) is 4.98 Å². The third-order valence-electron chi connectivity index (χ3n) is 9.61. The molecule has 0 amide bonds. The van der Waals surface area contributed by atoms with Crippen LogP contribution in [0.2, 0.25) is 0 Å². The van der Waals surface area contributed by atoms with Crippen molar-refractivity contribution in [3.63, 3.8) is 0 Å². The summed E-state index contributed by atoms with van der Waals surface area (Å²) in [5.74, 6) is 1.15. The van der Waals surface area contributed by atoms with Gasteiger partial charge in [-0.25, -0.2) is 4.98 Å². The van der Waals surface area contributed by atoms with Crippen LogP contribution in [-0.4, -0.2) is 12.0 Å². The number of anilines is 3. The summed E-state index contributed by atoms with van der Waals surface area (Å²) < 4.78 is 6.46. The Kier molecular flexibility index (Phi) is 10.0. The van der Waals surface area contributed by atoms with Crippen LogP contribution in [0.15, 0.2) is 134 Å². The second kappa shape index (κ2) is 14.2. The first kappa shape index (κ1) is 36.1. The first-order valence-corrected chi connectivity index (χ1v) is 17.3. The molecule has 7 rings (SSSR count). The van der Waals surface area contributed by atoms with Crippen LogP contribution in [0.25, 0.3) is 0 Å². The fraction of sp³-hybridized carbons (Fsp3) is 0.217. The second-order valence-electron chi connectivity index (χ2n) is 15.1. The zero-order chi connectivity index (χ0) is 35.1. The monoisotopic (exact) mass is 849 g/mol. The predicted octanol–water partition coefficient (Wildman–Crippen LogP) is 11.2. The van der Waals surface area contributed by atoms with E-state index in [1.165, 1.54) is 5.56 Å². The Labute approximate surface area is 318 Å². The zero-order valence-electron chi connectivity index (χ0n) is 30.3. The van der Waals surface area contributed by atoms with Crippen LogP contribution in [0.5, 0.6) is 11.6 Å². The van der Waals surface area contributed by atoms with Gasteiger partial charge in [-0.15, -0.1) is 28.9 Å². The van der Waals surface area contributed by atoms with Gasteiger partial charge in [-0.05, 0) is 58.3 Å². The Morgan fingerprint density at radius 3 is 1.80 bits per heavy atom. The van der Waals surface area contributed by atoms with Crippen molar-refractivity contribution in [2.24, 2.45) is 0 Å². The average molecular weight is 850 g/mol. The molecule has 0 fully saturated rings. The van der Waals surface area contributed by atoms with Crippen LogP contribution in [0, 0.1) is 18.8 Å². The van der Waals surface area contributed by atoms with Gasteiger partial charge in [-0.1, -0.05) is 108 Å². The van der Waals surface area contributed by atoms with Crippen LogP contribution >= 0.6 is 0 Å². The molecule has 1 aliphatic rings. The molecule has 0 bridgehead atoms. The summed E-state index contributed by atoms with van der Waals surface area (Å²) in [5.41, 5.74) is 9.13. The molecule has 4 nitrogen and oxygen atoms in total. The molecule has 5 aromatic carbocycles. The molecule has 1 aliphatic heterocycles. The molecule has 262 valence electrons. The van der Waals surface area contributed by atoms with Crippen molar-refractivity contribution in [3.05, 3.63) is 186 Å². The fourth-order valence-corrected chi connectivity index (χ4v) is 6.87. The topological polar surface area (TPSA) is 28.6 Å². The Morgan fingerprint density at radius 2 is 1.18 bits per heavy atom. The molecule has 5 heteroatoms. The third-order valence-corrected chi connectivity index (χ3v) is 9.61. The van der Waals surface area contributed by atoms with E-state index in [1.54, 1.807) is 0 Å². The quantitative estimate of drug-likeness (QED) is 0.118. The summed E-state index contributed by atoms with van der Waals surface area (Å²) in [7, 11) is 2.10. The van der Waals surface area contributed by atoms with Crippen molar-refractivity contribution in [2.75, 3.05) is 16.8 Å². The van der Waals surface area contributed by atoms with Gasteiger partial charge < -0.3 is 14.5 Å². The van der Waals surface area contributed by atoms with Gasteiger partial charge in [0.2, 0.25) is 5.88 Å². The van der Waals surface area contributed by atoms with Crippen molar-refractivity contribution in [3.8, 4) is 11.6 Å². The normalized spacial score (nSPS) is 13.1. The second-order valence-corrected chi connectivity index (χ2v) is 15.1. The number of hydrogen-bond donors (Lipinski definition) is 0. The van der Waals surface area contributed by atoms with Gasteiger partial charge in [-0.2, -0.15) is 43.1 Å². The first-order chi connectivity index (χ1) is 23.9. The Bertz CT molecular complexity index is 2080. The molecule has 0 radical (unpaired) electrons. The molecule has 0 aliphatic carbocycles. The zero-order valence-corrected chi connectivity index (χ0v) is 32.6. The van der Waals surface area contributed by atoms with Crippen LogP contribution < -0.4 is 14.5 Å². The maximum atomic E-state index is 6.46. The first-order valence-electron chi connectivity index (χ1n) is 17.3. The third kappa shape index (κ3) is 6.99. The number of pyridine rings is 1. The van der Waals surface area contributed by atoms with Crippen LogP contribution in [0.3, 0.4) is 0 Å². The van der Waals surface area contributed by atoms with Gasteiger partial charge >= 0.3 is 0 Å². The smallest absolute Gasteiger partial charge is 0.216 e. The maximum Gasteiger partial charge on any atom is 0.216 e. The molecule has 0 unspecified atom stereocenters. The molecule has 0 N–H and O–H groups in total. The predicted molar refractivity (Wildman–Crippen MR) is 205 cm³/mol. The molecule has 51 heavy (non-hydrogen) atoms. The molecular weight excluding hydrogens is 806 g/mol. The van der Waals surface area contributed by atoms with E-state index in [1.807, 2.05) is 30.5 Å². The van der Waals surface area contributed by atoms with Crippen LogP contribution in [0.1, 0.15) is 74.9 Å². The fourth-order valence-electron chi connectivity index (χ4n) is 6.87. The minimum absolute atomic E-state index is 0. The molecule has 0 saturated heterocycles. The standard InChI is InChI=1S/C46H44N3O.Pt/c1-44(2,3)35-24-25-41-42(30-35)49(32-48(41)7)39-22-14-20-37(28-39)46(33-16-10-8-11-17-33,34-18-12-9-13-19-34)38-21-15-23-40(29-38)50-43-31-36(26-27-47-43)45(4,5)6;/h8-27,30-32H,1-7H3;/q-3;. The van der Waals surface area contributed by atoms with Gasteiger partial charge in [0.1, 0.15) is 0 Å². The molecule has 0 atom stereocenters. The summed E-state index contributed by atoms with van der Waals surface area (Å²) in [6, 6.07) is 52.4. The minimum atomic E-state index is -0.764. The minimum Gasteiger partial charge on any atom is -0.504 e. The molecule has 2 heterocycles.